The number of carbonyl (C=O) groups is 2. The second kappa shape index (κ2) is 7.88. The molecule has 1 atom stereocenters. The van der Waals surface area contributed by atoms with E-state index in [-0.39, 0.29) is 11.8 Å². The summed E-state index contributed by atoms with van der Waals surface area (Å²) in [6, 6.07) is 7.54. The Bertz CT molecular complexity index is 914. The normalized spacial score (nSPS) is 20.2. The van der Waals surface area contributed by atoms with Crippen LogP contribution >= 0.6 is 11.3 Å². The molecule has 1 aromatic heterocycles. The smallest absolute Gasteiger partial charge is 0.254 e. The van der Waals surface area contributed by atoms with Crippen LogP contribution in [-0.2, 0) is 9.53 Å². The van der Waals surface area contributed by atoms with Gasteiger partial charge in [-0.15, -0.1) is 11.3 Å². The SMILES string of the molecule is COCCN1C(=O)c2ccccc2[C@@H](C(=O)Nc2nc(C)c(C)s2)C12CCCC2. The Labute approximate surface area is 175 Å². The molecule has 4 rings (SSSR count). The van der Waals surface area contributed by atoms with Gasteiger partial charge in [0.05, 0.1) is 23.8 Å². The predicted molar refractivity (Wildman–Crippen MR) is 114 cm³/mol. The van der Waals surface area contributed by atoms with Gasteiger partial charge in [-0.2, -0.15) is 0 Å². The molecular weight excluding hydrogens is 386 g/mol. The third-order valence-electron chi connectivity index (χ3n) is 6.33. The Morgan fingerprint density at radius 3 is 2.69 bits per heavy atom. The monoisotopic (exact) mass is 413 g/mol. The van der Waals surface area contributed by atoms with Gasteiger partial charge in [0.15, 0.2) is 5.13 Å². The summed E-state index contributed by atoms with van der Waals surface area (Å²) in [5.41, 5.74) is 1.88. The van der Waals surface area contributed by atoms with Crippen LogP contribution < -0.4 is 5.32 Å². The Balaban J connectivity index is 1.78. The lowest BCUT2D eigenvalue weighted by Crippen LogP contribution is -2.60. The maximum atomic E-state index is 13.6. The molecule has 1 fully saturated rings. The zero-order valence-corrected chi connectivity index (χ0v) is 18.0. The van der Waals surface area contributed by atoms with E-state index in [0.717, 1.165) is 41.8 Å². The second-order valence-electron chi connectivity index (χ2n) is 7.93. The van der Waals surface area contributed by atoms with Gasteiger partial charge in [-0.25, -0.2) is 4.98 Å². The zero-order chi connectivity index (χ0) is 20.6. The van der Waals surface area contributed by atoms with Gasteiger partial charge in [0.1, 0.15) is 0 Å². The number of nitrogens with zero attached hydrogens (tertiary/aromatic N) is 2. The van der Waals surface area contributed by atoms with Gasteiger partial charge in [-0.05, 0) is 38.3 Å². The number of fused-ring (bicyclic) bond motifs is 1. The first-order valence-electron chi connectivity index (χ1n) is 10.1. The van der Waals surface area contributed by atoms with Crippen LogP contribution in [0.15, 0.2) is 24.3 Å². The summed E-state index contributed by atoms with van der Waals surface area (Å²) in [6.45, 7) is 4.89. The number of hydrogen-bond acceptors (Lipinski definition) is 5. The fourth-order valence-electron chi connectivity index (χ4n) is 4.88. The minimum atomic E-state index is -0.505. The summed E-state index contributed by atoms with van der Waals surface area (Å²) in [6.07, 6.45) is 3.67. The number of anilines is 1. The van der Waals surface area contributed by atoms with Gasteiger partial charge in [-0.1, -0.05) is 31.0 Å². The lowest BCUT2D eigenvalue weighted by Gasteiger charge is -2.50. The van der Waals surface area contributed by atoms with Crippen LogP contribution in [0.4, 0.5) is 5.13 Å². The average Bonchev–Trinajstić information content (AvgIpc) is 3.29. The number of benzene rings is 1. The first kappa shape index (κ1) is 20.0. The molecule has 6 nitrogen and oxygen atoms in total. The van der Waals surface area contributed by atoms with E-state index in [1.54, 1.807) is 7.11 Å². The number of carbonyl (C=O) groups excluding carboxylic acids is 2. The Hall–Kier alpha value is -2.25. The van der Waals surface area contributed by atoms with Crippen molar-refractivity contribution in [3.63, 3.8) is 0 Å². The molecule has 7 heteroatoms. The highest BCUT2D eigenvalue weighted by Crippen LogP contribution is 2.50. The van der Waals surface area contributed by atoms with Crippen molar-refractivity contribution in [2.75, 3.05) is 25.6 Å². The van der Waals surface area contributed by atoms with Crippen LogP contribution in [0.3, 0.4) is 0 Å². The van der Waals surface area contributed by atoms with Gasteiger partial charge < -0.3 is 15.0 Å². The molecule has 0 unspecified atom stereocenters. The van der Waals surface area contributed by atoms with Crippen molar-refractivity contribution in [3.8, 4) is 0 Å². The van der Waals surface area contributed by atoms with Crippen LogP contribution in [-0.4, -0.2) is 47.5 Å². The lowest BCUT2D eigenvalue weighted by molar-refractivity contribution is -0.121. The van der Waals surface area contributed by atoms with E-state index in [2.05, 4.69) is 10.3 Å². The van der Waals surface area contributed by atoms with E-state index in [1.807, 2.05) is 43.0 Å². The van der Waals surface area contributed by atoms with Crippen LogP contribution in [0.5, 0.6) is 0 Å². The minimum absolute atomic E-state index is 0.00420. The summed E-state index contributed by atoms with van der Waals surface area (Å²) in [4.78, 5) is 34.5. The van der Waals surface area contributed by atoms with Crippen molar-refractivity contribution >= 4 is 28.3 Å². The number of rotatable bonds is 5. The molecule has 1 spiro atoms. The van der Waals surface area contributed by atoms with E-state index in [0.29, 0.717) is 23.8 Å². The van der Waals surface area contributed by atoms with Crippen molar-refractivity contribution in [1.29, 1.82) is 0 Å². The molecule has 1 aromatic carbocycles. The van der Waals surface area contributed by atoms with Gasteiger partial charge in [0, 0.05) is 24.1 Å². The van der Waals surface area contributed by atoms with Crippen molar-refractivity contribution in [2.45, 2.75) is 51.0 Å². The first-order chi connectivity index (χ1) is 14.0. The Kier molecular flexibility index (Phi) is 5.44. The molecule has 1 N–H and O–H groups in total. The number of aromatic nitrogens is 1. The van der Waals surface area contributed by atoms with Gasteiger partial charge in [0.2, 0.25) is 5.91 Å². The van der Waals surface area contributed by atoms with Crippen molar-refractivity contribution in [1.82, 2.24) is 9.88 Å². The van der Waals surface area contributed by atoms with Gasteiger partial charge in [-0.3, -0.25) is 9.59 Å². The third-order valence-corrected chi connectivity index (χ3v) is 7.32. The number of ether oxygens (including phenoxy) is 1. The third kappa shape index (κ3) is 3.36. The summed E-state index contributed by atoms with van der Waals surface area (Å²) < 4.78 is 5.29. The summed E-state index contributed by atoms with van der Waals surface area (Å²) in [7, 11) is 1.64. The molecule has 2 heterocycles. The van der Waals surface area contributed by atoms with Crippen LogP contribution in [0.1, 0.15) is 58.1 Å². The summed E-state index contributed by atoms with van der Waals surface area (Å²) in [5.74, 6) is -0.493. The fourth-order valence-corrected chi connectivity index (χ4v) is 5.70. The average molecular weight is 414 g/mol. The molecule has 0 radical (unpaired) electrons. The highest BCUT2D eigenvalue weighted by molar-refractivity contribution is 7.15. The Morgan fingerprint density at radius 1 is 1.31 bits per heavy atom. The van der Waals surface area contributed by atoms with Crippen LogP contribution in [0.25, 0.3) is 0 Å². The molecule has 2 amide bonds. The first-order valence-corrected chi connectivity index (χ1v) is 10.9. The molecular formula is C22H27N3O3S. The molecule has 154 valence electrons. The van der Waals surface area contributed by atoms with Gasteiger partial charge >= 0.3 is 0 Å². The minimum Gasteiger partial charge on any atom is -0.383 e. The second-order valence-corrected chi connectivity index (χ2v) is 9.13. The van der Waals surface area contributed by atoms with Crippen molar-refractivity contribution in [2.24, 2.45) is 0 Å². The number of aryl methyl sites for hydroxylation is 2. The highest BCUT2D eigenvalue weighted by Gasteiger charge is 2.55. The lowest BCUT2D eigenvalue weighted by atomic mass is 9.71. The fraction of sp³-hybridized carbons (Fsp3) is 0.500. The topological polar surface area (TPSA) is 71.5 Å². The molecule has 2 aromatic rings. The van der Waals surface area contributed by atoms with Crippen molar-refractivity contribution < 1.29 is 14.3 Å². The van der Waals surface area contributed by atoms with Crippen molar-refractivity contribution in [3.05, 3.63) is 46.0 Å². The molecule has 0 bridgehead atoms. The van der Waals surface area contributed by atoms with Crippen LogP contribution in [0, 0.1) is 13.8 Å². The summed E-state index contributed by atoms with van der Waals surface area (Å²) >= 11 is 1.49. The number of nitrogens with one attached hydrogen (secondary N) is 1. The zero-order valence-electron chi connectivity index (χ0n) is 17.2. The highest BCUT2D eigenvalue weighted by atomic mass is 32.1. The maximum absolute atomic E-state index is 13.6. The maximum Gasteiger partial charge on any atom is 0.254 e. The van der Waals surface area contributed by atoms with E-state index in [4.69, 9.17) is 4.74 Å². The number of methoxy groups -OCH3 is 1. The number of thiazole rings is 1. The van der Waals surface area contributed by atoms with Crippen LogP contribution in [0.2, 0.25) is 0 Å². The molecule has 2 aliphatic rings. The van der Waals surface area contributed by atoms with E-state index in [1.165, 1.54) is 11.3 Å². The molecule has 0 saturated heterocycles. The molecule has 1 aliphatic heterocycles. The molecule has 1 aliphatic carbocycles. The predicted octanol–water partition coefficient (Wildman–Crippen LogP) is 3.90. The van der Waals surface area contributed by atoms with E-state index < -0.39 is 11.5 Å². The standard InChI is InChI=1S/C22H27N3O3S/c1-14-15(2)29-21(23-14)24-19(26)18-16-8-4-5-9-17(16)20(27)25(12-13-28-3)22(18)10-6-7-11-22/h4-5,8-9,18H,6-7,10-13H2,1-3H3,(H,23,24,26)/t18-/m0/s1. The van der Waals surface area contributed by atoms with E-state index in [9.17, 15) is 9.59 Å². The van der Waals surface area contributed by atoms with E-state index >= 15 is 0 Å². The number of hydrogen-bond donors (Lipinski definition) is 1. The molecule has 1 saturated carbocycles. The van der Waals surface area contributed by atoms with Gasteiger partial charge in [0.25, 0.3) is 5.91 Å². The summed E-state index contributed by atoms with van der Waals surface area (Å²) in [5, 5.41) is 3.68. The molecule has 29 heavy (non-hydrogen) atoms. The Morgan fingerprint density at radius 2 is 2.03 bits per heavy atom. The number of amides is 2. The largest absolute Gasteiger partial charge is 0.383 e. The quantitative estimate of drug-likeness (QED) is 0.807.